The van der Waals surface area contributed by atoms with Crippen LogP contribution in [0.4, 0.5) is 10.1 Å². The normalized spacial score (nSPS) is 10.2. The Morgan fingerprint density at radius 3 is 2.88 bits per heavy atom. The second-order valence-electron chi connectivity index (χ2n) is 3.60. The summed E-state index contributed by atoms with van der Waals surface area (Å²) in [4.78, 5) is 2.14. The lowest BCUT2D eigenvalue weighted by Crippen LogP contribution is -2.24. The number of anilines is 1. The summed E-state index contributed by atoms with van der Waals surface area (Å²) in [6.45, 7) is 4.60. The topological polar surface area (TPSA) is 39.1 Å². The molecule has 0 unspecified atom stereocenters. The molecule has 3 nitrogen and oxygen atoms in total. The highest BCUT2D eigenvalue weighted by Gasteiger charge is 2.06. The zero-order chi connectivity index (χ0) is 12.0. The molecule has 86 valence electrons. The van der Waals surface area contributed by atoms with E-state index in [1.807, 2.05) is 13.1 Å². The van der Waals surface area contributed by atoms with Crippen molar-refractivity contribution in [3.05, 3.63) is 29.6 Å². The molecular formula is C12H16FN3. The standard InChI is InChI=1S/C12H16FN3/c1-3-16(2)8-7-15-12-6-4-5-11(13)10(12)9-14/h4-6,15H,3,7-8H2,1-2H3. The fourth-order valence-electron chi connectivity index (χ4n) is 1.32. The average Bonchev–Trinajstić information content (AvgIpc) is 2.29. The van der Waals surface area contributed by atoms with Crippen LogP contribution < -0.4 is 5.32 Å². The minimum Gasteiger partial charge on any atom is -0.383 e. The van der Waals surface area contributed by atoms with Crippen LogP contribution in [0.1, 0.15) is 12.5 Å². The van der Waals surface area contributed by atoms with E-state index in [4.69, 9.17) is 5.26 Å². The van der Waals surface area contributed by atoms with E-state index in [1.165, 1.54) is 6.07 Å². The Bertz CT molecular complexity index is 384. The average molecular weight is 221 g/mol. The molecule has 0 fully saturated rings. The lowest BCUT2D eigenvalue weighted by Gasteiger charge is -2.15. The monoisotopic (exact) mass is 221 g/mol. The van der Waals surface area contributed by atoms with Gasteiger partial charge in [0.1, 0.15) is 17.4 Å². The Morgan fingerprint density at radius 2 is 2.25 bits per heavy atom. The van der Waals surface area contributed by atoms with Gasteiger partial charge in [0.25, 0.3) is 0 Å². The molecule has 0 saturated carbocycles. The van der Waals surface area contributed by atoms with Gasteiger partial charge >= 0.3 is 0 Å². The van der Waals surface area contributed by atoms with Gasteiger partial charge in [-0.15, -0.1) is 0 Å². The van der Waals surface area contributed by atoms with Gasteiger partial charge in [-0.25, -0.2) is 4.39 Å². The van der Waals surface area contributed by atoms with Crippen molar-refractivity contribution in [3.8, 4) is 6.07 Å². The number of benzene rings is 1. The molecule has 1 N–H and O–H groups in total. The van der Waals surface area contributed by atoms with Crippen LogP contribution in [-0.4, -0.2) is 31.6 Å². The third kappa shape index (κ3) is 3.21. The maximum atomic E-state index is 13.2. The van der Waals surface area contributed by atoms with Crippen molar-refractivity contribution in [3.63, 3.8) is 0 Å². The van der Waals surface area contributed by atoms with Crippen LogP contribution in [-0.2, 0) is 0 Å². The molecule has 1 rings (SSSR count). The molecule has 0 saturated heterocycles. The van der Waals surface area contributed by atoms with E-state index in [0.717, 1.165) is 13.1 Å². The van der Waals surface area contributed by atoms with E-state index in [2.05, 4.69) is 17.1 Å². The third-order valence-electron chi connectivity index (χ3n) is 2.47. The first-order valence-corrected chi connectivity index (χ1v) is 5.30. The van der Waals surface area contributed by atoms with Gasteiger partial charge in [0.15, 0.2) is 0 Å². The van der Waals surface area contributed by atoms with Crippen molar-refractivity contribution in [1.82, 2.24) is 4.90 Å². The molecule has 0 aromatic heterocycles. The van der Waals surface area contributed by atoms with Gasteiger partial charge in [-0.1, -0.05) is 13.0 Å². The molecule has 0 amide bonds. The molecule has 0 aliphatic carbocycles. The van der Waals surface area contributed by atoms with Gasteiger partial charge in [-0.2, -0.15) is 5.26 Å². The molecule has 0 aliphatic heterocycles. The second-order valence-corrected chi connectivity index (χ2v) is 3.60. The first-order chi connectivity index (χ1) is 7.69. The minimum atomic E-state index is -0.476. The summed E-state index contributed by atoms with van der Waals surface area (Å²) >= 11 is 0. The van der Waals surface area contributed by atoms with Crippen LogP contribution in [0.3, 0.4) is 0 Å². The Morgan fingerprint density at radius 1 is 1.50 bits per heavy atom. The highest BCUT2D eigenvalue weighted by molar-refractivity contribution is 5.57. The number of halogens is 1. The lowest BCUT2D eigenvalue weighted by atomic mass is 10.2. The van der Waals surface area contributed by atoms with Crippen LogP contribution in [0, 0.1) is 17.1 Å². The summed E-state index contributed by atoms with van der Waals surface area (Å²) in [7, 11) is 2.01. The van der Waals surface area contributed by atoms with E-state index in [9.17, 15) is 4.39 Å². The summed E-state index contributed by atoms with van der Waals surface area (Å²) in [5.41, 5.74) is 0.647. The maximum absolute atomic E-state index is 13.2. The summed E-state index contributed by atoms with van der Waals surface area (Å²) in [6.07, 6.45) is 0. The zero-order valence-electron chi connectivity index (χ0n) is 9.63. The molecule has 0 aliphatic rings. The van der Waals surface area contributed by atoms with Crippen molar-refractivity contribution in [2.24, 2.45) is 0 Å². The van der Waals surface area contributed by atoms with Crippen molar-refractivity contribution in [2.75, 3.05) is 32.0 Å². The van der Waals surface area contributed by atoms with Gasteiger partial charge in [0.05, 0.1) is 5.69 Å². The van der Waals surface area contributed by atoms with E-state index in [-0.39, 0.29) is 5.56 Å². The van der Waals surface area contributed by atoms with Crippen LogP contribution in [0.2, 0.25) is 0 Å². The maximum Gasteiger partial charge on any atom is 0.143 e. The van der Waals surface area contributed by atoms with Crippen LogP contribution in [0.5, 0.6) is 0 Å². The summed E-state index contributed by atoms with van der Waals surface area (Å²) < 4.78 is 13.2. The van der Waals surface area contributed by atoms with Crippen molar-refractivity contribution >= 4 is 5.69 Å². The third-order valence-corrected chi connectivity index (χ3v) is 2.47. The minimum absolute atomic E-state index is 0.0849. The van der Waals surface area contributed by atoms with Crippen LogP contribution in [0.15, 0.2) is 18.2 Å². The fraction of sp³-hybridized carbons (Fsp3) is 0.417. The molecule has 1 aromatic rings. The summed E-state index contributed by atoms with van der Waals surface area (Å²) in [5, 5.41) is 11.9. The van der Waals surface area contributed by atoms with Gasteiger partial charge in [0.2, 0.25) is 0 Å². The molecule has 0 atom stereocenters. The second kappa shape index (κ2) is 6.09. The highest BCUT2D eigenvalue weighted by Crippen LogP contribution is 2.17. The molecule has 0 spiro atoms. The van der Waals surface area contributed by atoms with E-state index >= 15 is 0 Å². The molecular weight excluding hydrogens is 205 g/mol. The Hall–Kier alpha value is -1.60. The molecule has 0 heterocycles. The molecule has 4 heteroatoms. The SMILES string of the molecule is CCN(C)CCNc1cccc(F)c1C#N. The van der Waals surface area contributed by atoms with Gasteiger partial charge in [-0.3, -0.25) is 0 Å². The number of hydrogen-bond acceptors (Lipinski definition) is 3. The smallest absolute Gasteiger partial charge is 0.143 e. The molecule has 16 heavy (non-hydrogen) atoms. The van der Waals surface area contributed by atoms with E-state index < -0.39 is 5.82 Å². The number of nitrogens with zero attached hydrogens (tertiary/aromatic N) is 2. The quantitative estimate of drug-likeness (QED) is 0.827. The number of likely N-dealkylation sites (N-methyl/N-ethyl adjacent to an activating group) is 1. The lowest BCUT2D eigenvalue weighted by molar-refractivity contribution is 0.367. The largest absolute Gasteiger partial charge is 0.383 e. The number of rotatable bonds is 5. The number of nitrogens with one attached hydrogen (secondary N) is 1. The highest BCUT2D eigenvalue weighted by atomic mass is 19.1. The Labute approximate surface area is 95.5 Å². The Kier molecular flexibility index (Phi) is 4.74. The van der Waals surface area contributed by atoms with Gasteiger partial charge in [0, 0.05) is 13.1 Å². The number of nitriles is 1. The van der Waals surface area contributed by atoms with E-state index in [1.54, 1.807) is 12.1 Å². The van der Waals surface area contributed by atoms with Crippen molar-refractivity contribution in [2.45, 2.75) is 6.92 Å². The van der Waals surface area contributed by atoms with Crippen molar-refractivity contribution in [1.29, 1.82) is 5.26 Å². The molecule has 0 bridgehead atoms. The summed E-state index contributed by atoms with van der Waals surface area (Å²) in [5.74, 6) is -0.476. The van der Waals surface area contributed by atoms with Crippen LogP contribution >= 0.6 is 0 Å². The molecule has 0 radical (unpaired) electrons. The predicted molar refractivity (Wildman–Crippen MR) is 62.8 cm³/mol. The zero-order valence-corrected chi connectivity index (χ0v) is 9.63. The first-order valence-electron chi connectivity index (χ1n) is 5.30. The van der Waals surface area contributed by atoms with Gasteiger partial charge < -0.3 is 10.2 Å². The Balaban J connectivity index is 2.61. The predicted octanol–water partition coefficient (Wildman–Crippen LogP) is 2.06. The van der Waals surface area contributed by atoms with E-state index in [0.29, 0.717) is 12.2 Å². The van der Waals surface area contributed by atoms with Crippen LogP contribution in [0.25, 0.3) is 0 Å². The van der Waals surface area contributed by atoms with Gasteiger partial charge in [-0.05, 0) is 25.7 Å². The summed E-state index contributed by atoms with van der Waals surface area (Å²) in [6, 6.07) is 6.47. The number of hydrogen-bond donors (Lipinski definition) is 1. The first kappa shape index (κ1) is 12.5. The molecule has 1 aromatic carbocycles. The van der Waals surface area contributed by atoms with Crippen molar-refractivity contribution < 1.29 is 4.39 Å². The fourth-order valence-corrected chi connectivity index (χ4v) is 1.32.